The summed E-state index contributed by atoms with van der Waals surface area (Å²) in [6.07, 6.45) is -0.133. The van der Waals surface area contributed by atoms with Gasteiger partial charge in [-0.15, -0.1) is 0 Å². The van der Waals surface area contributed by atoms with Gasteiger partial charge in [-0.1, -0.05) is 31.6 Å². The second-order valence-electron chi connectivity index (χ2n) is 6.97. The minimum Gasteiger partial charge on any atom is -0.394 e. The van der Waals surface area contributed by atoms with E-state index < -0.39 is 23.5 Å². The maximum Gasteiger partial charge on any atom is 0.265 e. The number of fused-ring (bicyclic) bond motifs is 1. The van der Waals surface area contributed by atoms with E-state index in [2.05, 4.69) is 15.3 Å². The van der Waals surface area contributed by atoms with Crippen LogP contribution in [0.15, 0.2) is 11.3 Å². The first kappa shape index (κ1) is 18.8. The Morgan fingerprint density at radius 3 is 2.84 bits per heavy atom. The van der Waals surface area contributed by atoms with Crippen LogP contribution in [0.5, 0.6) is 0 Å². The van der Waals surface area contributed by atoms with Crippen molar-refractivity contribution in [3.8, 4) is 0 Å². The molecule has 0 amide bonds. The fourth-order valence-corrected chi connectivity index (χ4v) is 4.78. The summed E-state index contributed by atoms with van der Waals surface area (Å²) in [7, 11) is 2.65. The van der Waals surface area contributed by atoms with Crippen LogP contribution in [-0.4, -0.2) is 54.4 Å². The first-order valence-corrected chi connectivity index (χ1v) is 10.0. The van der Waals surface area contributed by atoms with Crippen LogP contribution in [0, 0.1) is 0 Å². The monoisotopic (exact) mass is 389 g/mol. The normalized spacial score (nSPS) is 32.2. The van der Waals surface area contributed by atoms with Gasteiger partial charge in [0.2, 0.25) is 0 Å². The van der Waals surface area contributed by atoms with E-state index in [0.717, 1.165) is 0 Å². The number of nitrogens with two attached hydrogens (primary N) is 1. The quantitative estimate of drug-likeness (QED) is 0.369. The molecule has 1 aromatic rings. The predicted molar refractivity (Wildman–Crippen MR) is 97.9 cm³/mol. The van der Waals surface area contributed by atoms with Gasteiger partial charge in [0, 0.05) is 11.2 Å². The number of aliphatic hydroxyl groups excluding tert-OH is 2. The molecule has 0 saturated carbocycles. The molecule has 6 N–H and O–H groups in total. The molecule has 1 aromatic heterocycles. The number of anilines is 1. The molecular formula is C14H23N5O4S2. The number of nitrogens with zero attached hydrogens (tertiary/aromatic N) is 3. The molecule has 0 aromatic carbocycles. The molecule has 1 unspecified atom stereocenters. The number of hydrogen-bond donors (Lipinski definition) is 5. The van der Waals surface area contributed by atoms with Gasteiger partial charge in [0.1, 0.15) is 23.8 Å². The average Bonchev–Trinajstić information content (AvgIpc) is 3.08. The van der Waals surface area contributed by atoms with Crippen LogP contribution in [0.2, 0.25) is 0 Å². The molecule has 1 fully saturated rings. The van der Waals surface area contributed by atoms with E-state index in [9.17, 15) is 15.3 Å². The first-order valence-electron chi connectivity index (χ1n) is 7.86. The lowest BCUT2D eigenvalue weighted by Crippen LogP contribution is -2.36. The van der Waals surface area contributed by atoms with Gasteiger partial charge >= 0.3 is 0 Å². The molecule has 0 aliphatic carbocycles. The van der Waals surface area contributed by atoms with Crippen molar-refractivity contribution in [1.29, 1.82) is 0 Å². The van der Waals surface area contributed by atoms with Crippen molar-refractivity contribution < 1.29 is 20.1 Å². The summed E-state index contributed by atoms with van der Waals surface area (Å²) in [6, 6.07) is 0. The van der Waals surface area contributed by atoms with Gasteiger partial charge < -0.3 is 31.1 Å². The summed E-state index contributed by atoms with van der Waals surface area (Å²) >= 11 is 0. The Morgan fingerprint density at radius 1 is 1.52 bits per heavy atom. The zero-order valence-electron chi connectivity index (χ0n) is 14.2. The van der Waals surface area contributed by atoms with Gasteiger partial charge in [0.25, 0.3) is 5.06 Å². The van der Waals surface area contributed by atoms with Gasteiger partial charge in [-0.2, -0.15) is 0 Å². The molecule has 3 rings (SSSR count). The zero-order chi connectivity index (χ0) is 18.4. The molecule has 0 spiro atoms. The molecular weight excluding hydrogens is 366 g/mol. The largest absolute Gasteiger partial charge is 0.394 e. The lowest BCUT2D eigenvalue weighted by molar-refractivity contribution is -0.0437. The van der Waals surface area contributed by atoms with Crippen LogP contribution in [0.4, 0.5) is 5.82 Å². The number of hydrogen-bond acceptors (Lipinski definition) is 10. The first-order chi connectivity index (χ1) is 11.6. The zero-order valence-corrected chi connectivity index (χ0v) is 15.8. The number of aliphatic hydroxyl groups is 3. The van der Waals surface area contributed by atoms with Gasteiger partial charge in [-0.3, -0.25) is 4.57 Å². The summed E-state index contributed by atoms with van der Waals surface area (Å²) in [5.41, 5.74) is 6.18. The molecule has 140 valence electrons. The summed E-state index contributed by atoms with van der Waals surface area (Å²) in [4.78, 5) is 8.41. The molecule has 2 aliphatic rings. The summed E-state index contributed by atoms with van der Waals surface area (Å²) in [5, 5.41) is 31.5. The Hall–Kier alpha value is -0.980. The average molecular weight is 390 g/mol. The van der Waals surface area contributed by atoms with Gasteiger partial charge in [0.15, 0.2) is 5.96 Å². The number of nitrogens with one attached hydrogen (secondary N) is 1. The highest BCUT2D eigenvalue weighted by Crippen LogP contribution is 2.51. The maximum atomic E-state index is 11.0. The van der Waals surface area contributed by atoms with Crippen LogP contribution in [0.25, 0.3) is 0 Å². The van der Waals surface area contributed by atoms with Crippen LogP contribution in [0.1, 0.15) is 39.1 Å². The molecule has 3 heterocycles. The summed E-state index contributed by atoms with van der Waals surface area (Å²) < 4.78 is 7.22. The fourth-order valence-electron chi connectivity index (χ4n) is 2.60. The molecule has 0 bridgehead atoms. The SMILES string of the molecule is CC(C)(C)SSC1(O)N=C(N)Nc2c1ncn2[C@H]1C[C@H](O)[C@@H](CO)O1. The molecule has 9 nitrogen and oxygen atoms in total. The van der Waals surface area contributed by atoms with Crippen LogP contribution < -0.4 is 11.1 Å². The molecule has 0 radical (unpaired) electrons. The van der Waals surface area contributed by atoms with E-state index >= 15 is 0 Å². The Bertz CT molecular complexity index is 677. The third-order valence-corrected chi connectivity index (χ3v) is 7.27. The Morgan fingerprint density at radius 2 is 2.24 bits per heavy atom. The summed E-state index contributed by atoms with van der Waals surface area (Å²) in [5.74, 6) is 0.531. The van der Waals surface area contributed by atoms with Crippen molar-refractivity contribution in [1.82, 2.24) is 9.55 Å². The van der Waals surface area contributed by atoms with Gasteiger partial charge in [-0.05, 0) is 10.8 Å². The topological polar surface area (TPSA) is 138 Å². The van der Waals surface area contributed by atoms with E-state index in [1.807, 2.05) is 20.8 Å². The van der Waals surface area contributed by atoms with Crippen molar-refractivity contribution in [3.05, 3.63) is 12.0 Å². The van der Waals surface area contributed by atoms with Crippen molar-refractivity contribution >= 4 is 33.4 Å². The highest BCUT2D eigenvalue weighted by molar-refractivity contribution is 8.77. The van der Waals surface area contributed by atoms with E-state index in [-0.39, 0.29) is 17.3 Å². The van der Waals surface area contributed by atoms with Crippen molar-refractivity contribution in [3.63, 3.8) is 0 Å². The van der Waals surface area contributed by atoms with E-state index in [1.54, 1.807) is 4.57 Å². The van der Waals surface area contributed by atoms with Crippen molar-refractivity contribution in [2.75, 3.05) is 11.9 Å². The highest BCUT2D eigenvalue weighted by Gasteiger charge is 2.43. The van der Waals surface area contributed by atoms with Crippen molar-refractivity contribution in [2.45, 2.75) is 55.4 Å². The predicted octanol–water partition coefficient (Wildman–Crippen LogP) is 0.546. The second kappa shape index (κ2) is 6.63. The standard InChI is InChI=1S/C14H23N5O4S2/c1-13(2,3)24-25-14(22)10-11(17-12(15)18-14)19(6-16-10)9-4-7(21)8(5-20)23-9/h6-9,20-22H,4-5H2,1-3H3,(H3,15,17,18)/t7-,8+,9+,14?/m0/s1. The molecule has 25 heavy (non-hydrogen) atoms. The lowest BCUT2D eigenvalue weighted by atomic mass is 10.2. The van der Waals surface area contributed by atoms with Crippen LogP contribution >= 0.6 is 21.6 Å². The number of rotatable bonds is 4. The number of guanidine groups is 1. The number of aromatic nitrogens is 2. The maximum absolute atomic E-state index is 11.0. The Labute approximate surface area is 153 Å². The van der Waals surface area contributed by atoms with Gasteiger partial charge in [0.05, 0.1) is 19.0 Å². The number of ether oxygens (including phenoxy) is 1. The lowest BCUT2D eigenvalue weighted by Gasteiger charge is -2.30. The van der Waals surface area contributed by atoms with Crippen LogP contribution in [-0.2, 0) is 9.79 Å². The van der Waals surface area contributed by atoms with E-state index in [4.69, 9.17) is 10.5 Å². The van der Waals surface area contributed by atoms with Gasteiger partial charge in [-0.25, -0.2) is 9.98 Å². The summed E-state index contributed by atoms with van der Waals surface area (Å²) in [6.45, 7) is 5.83. The van der Waals surface area contributed by atoms with Crippen LogP contribution in [0.3, 0.4) is 0 Å². The smallest absolute Gasteiger partial charge is 0.265 e. The molecule has 4 atom stereocenters. The Kier molecular flexibility index (Phi) is 4.99. The number of imidazole rings is 1. The number of aliphatic imine (C=N–C) groups is 1. The second-order valence-corrected chi connectivity index (χ2v) is 10.1. The molecule has 2 aliphatic heterocycles. The molecule has 1 saturated heterocycles. The fraction of sp³-hybridized carbons (Fsp3) is 0.714. The Balaban J connectivity index is 1.89. The third kappa shape index (κ3) is 3.76. The third-order valence-electron chi connectivity index (χ3n) is 3.72. The molecule has 11 heteroatoms. The minimum absolute atomic E-state index is 0.0658. The van der Waals surface area contributed by atoms with Crippen molar-refractivity contribution in [2.24, 2.45) is 10.7 Å². The minimum atomic E-state index is -1.62. The van der Waals surface area contributed by atoms with E-state index in [1.165, 1.54) is 27.9 Å². The van der Waals surface area contributed by atoms with E-state index in [0.29, 0.717) is 17.9 Å². The highest BCUT2D eigenvalue weighted by atomic mass is 33.1.